The number of nitrogens with zero attached hydrogens (tertiary/aromatic N) is 2. The molecule has 1 N–H and O–H groups in total. The molecule has 0 unspecified atom stereocenters. The first kappa shape index (κ1) is 17.9. The highest BCUT2D eigenvalue weighted by Gasteiger charge is 2.44. The van der Waals surface area contributed by atoms with Crippen LogP contribution in [-0.2, 0) is 14.3 Å². The van der Waals surface area contributed by atoms with Gasteiger partial charge in [0, 0.05) is 31.2 Å². The summed E-state index contributed by atoms with van der Waals surface area (Å²) < 4.78 is 5.30. The second-order valence-electron chi connectivity index (χ2n) is 7.21. The van der Waals surface area contributed by atoms with Gasteiger partial charge in [-0.2, -0.15) is 0 Å². The average Bonchev–Trinajstić information content (AvgIpc) is 3.27. The van der Waals surface area contributed by atoms with E-state index >= 15 is 0 Å². The summed E-state index contributed by atoms with van der Waals surface area (Å²) in [6, 6.07) is 3.01. The molecule has 26 heavy (non-hydrogen) atoms. The summed E-state index contributed by atoms with van der Waals surface area (Å²) in [4.78, 5) is 28.7. The van der Waals surface area contributed by atoms with Crippen molar-refractivity contribution in [1.29, 1.82) is 0 Å². The number of halogens is 2. The summed E-state index contributed by atoms with van der Waals surface area (Å²) in [7, 11) is 0. The van der Waals surface area contributed by atoms with E-state index in [0.717, 1.165) is 0 Å². The Kier molecular flexibility index (Phi) is 4.75. The first-order valence-electron chi connectivity index (χ1n) is 8.78. The molecule has 4 rings (SSSR count). The smallest absolute Gasteiger partial charge is 0.242 e. The Bertz CT molecular complexity index is 751. The molecule has 3 saturated heterocycles. The maximum absolute atomic E-state index is 12.6. The van der Waals surface area contributed by atoms with E-state index in [2.05, 4.69) is 0 Å². The molecule has 1 aromatic rings. The van der Waals surface area contributed by atoms with Gasteiger partial charge in [-0.1, -0.05) is 23.2 Å². The van der Waals surface area contributed by atoms with E-state index in [9.17, 15) is 14.7 Å². The third kappa shape index (κ3) is 3.04. The number of amides is 2. The Labute approximate surface area is 161 Å². The highest BCUT2D eigenvalue weighted by atomic mass is 35.5. The van der Waals surface area contributed by atoms with Crippen LogP contribution in [0.1, 0.15) is 24.3 Å². The fraction of sp³-hybridized carbons (Fsp3) is 0.556. The van der Waals surface area contributed by atoms with Gasteiger partial charge in [0.25, 0.3) is 0 Å². The standard InChI is InChI=1S/C18H20Cl2N2O4/c19-13-1-2-14(23)16(17(13)20)11-5-12-7-21(8-15(24)22(12)6-11)18(25)10-3-4-26-9-10/h1-2,10-12,23H,3-9H2/t10-,11+,12+/m1/s1. The summed E-state index contributed by atoms with van der Waals surface area (Å²) in [6.07, 6.45) is 1.36. The Morgan fingerprint density at radius 3 is 2.81 bits per heavy atom. The van der Waals surface area contributed by atoms with Crippen LogP contribution in [0.15, 0.2) is 12.1 Å². The van der Waals surface area contributed by atoms with Crippen molar-refractivity contribution in [2.75, 3.05) is 32.8 Å². The molecule has 6 nitrogen and oxygen atoms in total. The largest absolute Gasteiger partial charge is 0.508 e. The lowest BCUT2D eigenvalue weighted by molar-refractivity contribution is -0.149. The highest BCUT2D eigenvalue weighted by Crippen LogP contribution is 2.43. The van der Waals surface area contributed by atoms with Gasteiger partial charge in [0.2, 0.25) is 11.8 Å². The fourth-order valence-electron chi connectivity index (χ4n) is 4.28. The number of ether oxygens (including phenoxy) is 1. The van der Waals surface area contributed by atoms with Crippen molar-refractivity contribution in [3.05, 3.63) is 27.7 Å². The Balaban J connectivity index is 1.53. The minimum atomic E-state index is -0.141. The molecule has 8 heteroatoms. The summed E-state index contributed by atoms with van der Waals surface area (Å²) in [5.74, 6) is -0.207. The number of rotatable bonds is 2. The van der Waals surface area contributed by atoms with E-state index in [1.54, 1.807) is 15.9 Å². The van der Waals surface area contributed by atoms with E-state index in [-0.39, 0.29) is 42.0 Å². The van der Waals surface area contributed by atoms with Crippen molar-refractivity contribution in [2.45, 2.75) is 24.8 Å². The Morgan fingerprint density at radius 1 is 1.27 bits per heavy atom. The van der Waals surface area contributed by atoms with Crippen LogP contribution in [0.5, 0.6) is 5.75 Å². The van der Waals surface area contributed by atoms with Crippen LogP contribution in [0.3, 0.4) is 0 Å². The molecule has 2 amide bonds. The zero-order valence-electron chi connectivity index (χ0n) is 14.2. The first-order valence-corrected chi connectivity index (χ1v) is 9.54. The second-order valence-corrected chi connectivity index (χ2v) is 7.99. The number of benzene rings is 1. The van der Waals surface area contributed by atoms with Gasteiger partial charge in [0.15, 0.2) is 0 Å². The van der Waals surface area contributed by atoms with Gasteiger partial charge >= 0.3 is 0 Å². The zero-order chi connectivity index (χ0) is 18.4. The monoisotopic (exact) mass is 398 g/mol. The number of hydrogen-bond donors (Lipinski definition) is 1. The molecule has 140 valence electrons. The lowest BCUT2D eigenvalue weighted by atomic mass is 9.95. The lowest BCUT2D eigenvalue weighted by Gasteiger charge is -2.37. The molecule has 1 aromatic carbocycles. The number of phenolic OH excluding ortho intramolecular Hbond substituents is 1. The summed E-state index contributed by atoms with van der Waals surface area (Å²) >= 11 is 12.4. The van der Waals surface area contributed by atoms with Gasteiger partial charge in [-0.25, -0.2) is 0 Å². The van der Waals surface area contributed by atoms with Gasteiger partial charge < -0.3 is 19.6 Å². The SMILES string of the molecule is O=C([C@@H]1CCOC1)N1CC(=O)N2C[C@@H](c3c(O)ccc(Cl)c3Cl)C[C@H]2C1. The van der Waals surface area contributed by atoms with Crippen LogP contribution in [0.25, 0.3) is 0 Å². The molecular formula is C18H20Cl2N2O4. The topological polar surface area (TPSA) is 70.1 Å². The van der Waals surface area contributed by atoms with E-state index < -0.39 is 0 Å². The predicted octanol–water partition coefficient (Wildman–Crippen LogP) is 2.26. The summed E-state index contributed by atoms with van der Waals surface area (Å²) in [5.41, 5.74) is 0.587. The molecule has 3 fully saturated rings. The van der Waals surface area contributed by atoms with Crippen molar-refractivity contribution in [3.8, 4) is 5.75 Å². The molecule has 3 aliphatic heterocycles. The fourth-order valence-corrected chi connectivity index (χ4v) is 4.76. The number of hydrogen-bond acceptors (Lipinski definition) is 4. The molecule has 0 radical (unpaired) electrons. The highest BCUT2D eigenvalue weighted by molar-refractivity contribution is 6.42. The number of piperazine rings is 1. The Hall–Kier alpha value is -1.50. The lowest BCUT2D eigenvalue weighted by Crippen LogP contribution is -2.56. The minimum absolute atomic E-state index is 0.00239. The summed E-state index contributed by atoms with van der Waals surface area (Å²) in [5, 5.41) is 11.0. The molecule has 3 aliphatic rings. The minimum Gasteiger partial charge on any atom is -0.508 e. The quantitative estimate of drug-likeness (QED) is 0.829. The molecule has 3 heterocycles. The molecule has 0 bridgehead atoms. The number of carbonyl (C=O) groups excluding carboxylic acids is 2. The van der Waals surface area contributed by atoms with Gasteiger partial charge in [-0.3, -0.25) is 9.59 Å². The zero-order valence-corrected chi connectivity index (χ0v) is 15.7. The van der Waals surface area contributed by atoms with Gasteiger partial charge in [-0.15, -0.1) is 0 Å². The Morgan fingerprint density at radius 2 is 2.08 bits per heavy atom. The number of phenols is 1. The maximum Gasteiger partial charge on any atom is 0.242 e. The third-order valence-corrected chi connectivity index (χ3v) is 6.42. The van der Waals surface area contributed by atoms with E-state index in [0.29, 0.717) is 54.8 Å². The molecule has 0 aliphatic carbocycles. The van der Waals surface area contributed by atoms with Crippen LogP contribution in [0.2, 0.25) is 10.0 Å². The van der Waals surface area contributed by atoms with Crippen molar-refractivity contribution in [2.24, 2.45) is 5.92 Å². The second kappa shape index (κ2) is 6.91. The number of fused-ring (bicyclic) bond motifs is 1. The van der Waals surface area contributed by atoms with E-state index in [4.69, 9.17) is 27.9 Å². The van der Waals surface area contributed by atoms with Crippen LogP contribution >= 0.6 is 23.2 Å². The van der Waals surface area contributed by atoms with E-state index in [1.165, 1.54) is 6.07 Å². The molecule has 0 spiro atoms. The van der Waals surface area contributed by atoms with Crippen molar-refractivity contribution >= 4 is 35.0 Å². The van der Waals surface area contributed by atoms with Crippen LogP contribution < -0.4 is 0 Å². The molecule has 0 aromatic heterocycles. The number of aromatic hydroxyl groups is 1. The molecule has 3 atom stereocenters. The van der Waals surface area contributed by atoms with Crippen molar-refractivity contribution in [1.82, 2.24) is 9.80 Å². The average molecular weight is 399 g/mol. The van der Waals surface area contributed by atoms with Gasteiger partial charge in [0.05, 0.1) is 35.2 Å². The first-order chi connectivity index (χ1) is 12.5. The summed E-state index contributed by atoms with van der Waals surface area (Å²) in [6.45, 7) is 2.13. The number of carbonyl (C=O) groups is 2. The van der Waals surface area contributed by atoms with Crippen LogP contribution in [-0.4, -0.2) is 65.6 Å². The maximum atomic E-state index is 12.6. The molecule has 0 saturated carbocycles. The van der Waals surface area contributed by atoms with Gasteiger partial charge in [-0.05, 0) is 25.0 Å². The van der Waals surface area contributed by atoms with Crippen molar-refractivity contribution < 1.29 is 19.4 Å². The van der Waals surface area contributed by atoms with Gasteiger partial charge in [0.1, 0.15) is 5.75 Å². The van der Waals surface area contributed by atoms with Crippen molar-refractivity contribution in [3.63, 3.8) is 0 Å². The van der Waals surface area contributed by atoms with E-state index in [1.807, 2.05) is 0 Å². The molecular weight excluding hydrogens is 379 g/mol. The van der Waals surface area contributed by atoms with Crippen LogP contribution in [0, 0.1) is 5.92 Å². The van der Waals surface area contributed by atoms with Crippen LogP contribution in [0.4, 0.5) is 0 Å². The third-order valence-electron chi connectivity index (χ3n) is 5.60. The normalized spacial score (nSPS) is 28.5. The predicted molar refractivity (Wildman–Crippen MR) is 96.5 cm³/mol.